The molecule has 0 aromatic carbocycles. The molecule has 104 valence electrons. The van der Waals surface area contributed by atoms with Crippen LogP contribution in [0, 0.1) is 40.4 Å². The van der Waals surface area contributed by atoms with Crippen molar-refractivity contribution < 1.29 is 5.11 Å². The first-order valence-electron chi connectivity index (χ1n) is 8.30. The minimum Gasteiger partial charge on any atom is -0.388 e. The Morgan fingerprint density at radius 2 is 1.84 bits per heavy atom. The second-order valence-corrected chi connectivity index (χ2v) is 7.89. The van der Waals surface area contributed by atoms with Crippen molar-refractivity contribution >= 4 is 0 Å². The molecule has 0 radical (unpaired) electrons. The predicted molar refractivity (Wildman–Crippen MR) is 73.1 cm³/mol. The highest BCUT2D eigenvalue weighted by molar-refractivity contribution is 5.21. The van der Waals surface area contributed by atoms with Gasteiger partial charge in [0.05, 0.1) is 17.1 Å². The average molecular weight is 259 g/mol. The van der Waals surface area contributed by atoms with Gasteiger partial charge in [0.2, 0.25) is 0 Å². The van der Waals surface area contributed by atoms with E-state index in [4.69, 9.17) is 0 Å². The molecule has 0 heterocycles. The lowest BCUT2D eigenvalue weighted by Crippen LogP contribution is -2.53. The van der Waals surface area contributed by atoms with E-state index < -0.39 is 5.60 Å². The molecule has 5 atom stereocenters. The van der Waals surface area contributed by atoms with Crippen LogP contribution < -0.4 is 0 Å². The van der Waals surface area contributed by atoms with Gasteiger partial charge in [0, 0.05) is 0 Å². The van der Waals surface area contributed by atoms with Gasteiger partial charge in [-0.15, -0.1) is 0 Å². The van der Waals surface area contributed by atoms with Gasteiger partial charge in [0.25, 0.3) is 0 Å². The van der Waals surface area contributed by atoms with Gasteiger partial charge in [-0.25, -0.2) is 0 Å². The van der Waals surface area contributed by atoms with Gasteiger partial charge in [-0.05, 0) is 75.0 Å². The predicted octanol–water partition coefficient (Wildman–Crippen LogP) is 3.65. The third-order valence-electron chi connectivity index (χ3n) is 6.93. The van der Waals surface area contributed by atoms with Crippen molar-refractivity contribution in [3.8, 4) is 6.07 Å². The van der Waals surface area contributed by atoms with Crippen LogP contribution in [0.15, 0.2) is 0 Å². The Balaban J connectivity index is 1.63. The highest BCUT2D eigenvalue weighted by atomic mass is 16.3. The summed E-state index contributed by atoms with van der Waals surface area (Å²) >= 11 is 0. The molecule has 0 amide bonds. The SMILES string of the molecule is N#CC1(C2(O)CCCC(C3CC3)C2)CC2CCC1C2. The number of hydrogen-bond donors (Lipinski definition) is 1. The van der Waals surface area contributed by atoms with Crippen molar-refractivity contribution in [3.63, 3.8) is 0 Å². The molecular formula is C17H25NO. The molecule has 4 aliphatic rings. The van der Waals surface area contributed by atoms with Crippen LogP contribution in [0.1, 0.15) is 64.2 Å². The Labute approximate surface area is 116 Å². The smallest absolute Gasteiger partial charge is 0.0891 e. The van der Waals surface area contributed by atoms with E-state index in [-0.39, 0.29) is 5.41 Å². The molecule has 5 unspecified atom stereocenters. The molecule has 0 aromatic heterocycles. The molecule has 0 saturated heterocycles. The zero-order chi connectivity index (χ0) is 13.1. The van der Waals surface area contributed by atoms with Gasteiger partial charge in [0.15, 0.2) is 0 Å². The van der Waals surface area contributed by atoms with Crippen LogP contribution >= 0.6 is 0 Å². The van der Waals surface area contributed by atoms with E-state index in [2.05, 4.69) is 6.07 Å². The van der Waals surface area contributed by atoms with Gasteiger partial charge in [-0.3, -0.25) is 0 Å². The van der Waals surface area contributed by atoms with Crippen molar-refractivity contribution in [1.29, 1.82) is 5.26 Å². The number of rotatable bonds is 2. The van der Waals surface area contributed by atoms with Crippen molar-refractivity contribution in [2.45, 2.75) is 69.8 Å². The molecule has 4 aliphatic carbocycles. The summed E-state index contributed by atoms with van der Waals surface area (Å²) in [6.45, 7) is 0. The van der Waals surface area contributed by atoms with Crippen molar-refractivity contribution in [3.05, 3.63) is 0 Å². The quantitative estimate of drug-likeness (QED) is 0.822. The van der Waals surface area contributed by atoms with E-state index in [1.807, 2.05) is 0 Å². The van der Waals surface area contributed by atoms with E-state index in [9.17, 15) is 10.4 Å². The largest absolute Gasteiger partial charge is 0.388 e. The fraction of sp³-hybridized carbons (Fsp3) is 0.941. The lowest BCUT2D eigenvalue weighted by atomic mass is 9.57. The molecule has 2 bridgehead atoms. The van der Waals surface area contributed by atoms with E-state index in [1.54, 1.807) is 0 Å². The van der Waals surface area contributed by atoms with Gasteiger partial charge in [-0.1, -0.05) is 12.8 Å². The van der Waals surface area contributed by atoms with E-state index >= 15 is 0 Å². The summed E-state index contributed by atoms with van der Waals surface area (Å²) < 4.78 is 0. The topological polar surface area (TPSA) is 44.0 Å². The van der Waals surface area contributed by atoms with Crippen molar-refractivity contribution in [1.82, 2.24) is 0 Å². The number of nitrogens with zero attached hydrogens (tertiary/aromatic N) is 1. The summed E-state index contributed by atoms with van der Waals surface area (Å²) in [7, 11) is 0. The molecule has 0 aliphatic heterocycles. The number of nitriles is 1. The third-order valence-corrected chi connectivity index (χ3v) is 6.93. The van der Waals surface area contributed by atoms with Gasteiger partial charge in [-0.2, -0.15) is 5.26 Å². The van der Waals surface area contributed by atoms with E-state index in [1.165, 1.54) is 38.5 Å². The molecule has 19 heavy (non-hydrogen) atoms. The molecule has 2 heteroatoms. The summed E-state index contributed by atoms with van der Waals surface area (Å²) in [5.41, 5.74) is -1.05. The standard InChI is InChI=1S/C17H25NO/c18-11-16(9-12-3-6-15(16)8-12)17(19)7-1-2-14(10-17)13-4-5-13/h12-15,19H,1-10H2. The Bertz CT molecular complexity index is 423. The molecule has 4 rings (SSSR count). The normalized spacial score (nSPS) is 53.2. The number of aliphatic hydroxyl groups is 1. The fourth-order valence-corrected chi connectivity index (χ4v) is 5.81. The fourth-order valence-electron chi connectivity index (χ4n) is 5.81. The molecular weight excluding hydrogens is 234 g/mol. The van der Waals surface area contributed by atoms with Crippen LogP contribution in [0.5, 0.6) is 0 Å². The number of fused-ring (bicyclic) bond motifs is 2. The van der Waals surface area contributed by atoms with E-state index in [0.717, 1.165) is 37.5 Å². The van der Waals surface area contributed by atoms with E-state index in [0.29, 0.717) is 11.8 Å². The Hall–Kier alpha value is -0.550. The highest BCUT2D eigenvalue weighted by Gasteiger charge is 2.63. The Morgan fingerprint density at radius 3 is 2.42 bits per heavy atom. The average Bonchev–Trinajstić information content (AvgIpc) is 3.08. The number of hydrogen-bond acceptors (Lipinski definition) is 2. The highest BCUT2D eigenvalue weighted by Crippen LogP contribution is 2.64. The van der Waals surface area contributed by atoms with Crippen molar-refractivity contribution in [2.75, 3.05) is 0 Å². The molecule has 4 saturated carbocycles. The third kappa shape index (κ3) is 1.64. The van der Waals surface area contributed by atoms with Crippen LogP contribution in [0.3, 0.4) is 0 Å². The minimum atomic E-state index is -0.660. The summed E-state index contributed by atoms with van der Waals surface area (Å²) in [6.07, 6.45) is 11.7. The summed E-state index contributed by atoms with van der Waals surface area (Å²) in [5.74, 6) is 2.81. The zero-order valence-electron chi connectivity index (χ0n) is 11.8. The summed E-state index contributed by atoms with van der Waals surface area (Å²) in [4.78, 5) is 0. The molecule has 4 fully saturated rings. The summed E-state index contributed by atoms with van der Waals surface area (Å²) in [5, 5.41) is 21.3. The minimum absolute atomic E-state index is 0.385. The van der Waals surface area contributed by atoms with Crippen LogP contribution in [-0.2, 0) is 0 Å². The van der Waals surface area contributed by atoms with Crippen LogP contribution in [0.4, 0.5) is 0 Å². The molecule has 2 nitrogen and oxygen atoms in total. The second-order valence-electron chi connectivity index (χ2n) is 7.89. The van der Waals surface area contributed by atoms with Crippen LogP contribution in [0.25, 0.3) is 0 Å². The van der Waals surface area contributed by atoms with Gasteiger partial charge >= 0.3 is 0 Å². The van der Waals surface area contributed by atoms with Crippen molar-refractivity contribution in [2.24, 2.45) is 29.1 Å². The Morgan fingerprint density at radius 1 is 1.00 bits per heavy atom. The second kappa shape index (κ2) is 3.98. The summed E-state index contributed by atoms with van der Waals surface area (Å²) in [6, 6.07) is 2.65. The first-order valence-corrected chi connectivity index (χ1v) is 8.30. The maximum atomic E-state index is 11.4. The molecule has 1 N–H and O–H groups in total. The van der Waals surface area contributed by atoms with Gasteiger partial charge < -0.3 is 5.11 Å². The monoisotopic (exact) mass is 259 g/mol. The maximum absolute atomic E-state index is 11.4. The molecule has 0 aromatic rings. The van der Waals surface area contributed by atoms with Crippen LogP contribution in [-0.4, -0.2) is 10.7 Å². The lowest BCUT2D eigenvalue weighted by Gasteiger charge is -2.49. The van der Waals surface area contributed by atoms with Gasteiger partial charge in [0.1, 0.15) is 0 Å². The zero-order valence-corrected chi connectivity index (χ0v) is 11.8. The molecule has 0 spiro atoms. The Kier molecular flexibility index (Phi) is 2.56. The van der Waals surface area contributed by atoms with Crippen LogP contribution in [0.2, 0.25) is 0 Å². The maximum Gasteiger partial charge on any atom is 0.0891 e. The first kappa shape index (κ1) is 12.2. The lowest BCUT2D eigenvalue weighted by molar-refractivity contribution is -0.120. The first-order chi connectivity index (χ1) is 9.17.